The van der Waals surface area contributed by atoms with Crippen LogP contribution in [-0.4, -0.2) is 17.0 Å². The Morgan fingerprint density at radius 1 is 1.50 bits per heavy atom. The van der Waals surface area contributed by atoms with Crippen LogP contribution >= 0.6 is 0 Å². The lowest BCUT2D eigenvalue weighted by atomic mass is 10.1. The fourth-order valence-corrected chi connectivity index (χ4v) is 1.08. The second-order valence-electron chi connectivity index (χ2n) is 2.70. The highest BCUT2D eigenvalue weighted by Gasteiger charge is 2.14. The fraction of sp³-hybridized carbons (Fsp3) is 0.222. The van der Waals surface area contributed by atoms with Gasteiger partial charge in [-0.2, -0.15) is 0 Å². The zero-order chi connectivity index (χ0) is 10.7. The molecule has 1 rings (SSSR count). The minimum atomic E-state index is -1.48. The van der Waals surface area contributed by atoms with Crippen LogP contribution < -0.4 is 9.67 Å². The molecule has 1 N–H and O–H groups in total. The molecule has 14 heavy (non-hydrogen) atoms. The normalized spacial score (nSPS) is 9.79. The van der Waals surface area contributed by atoms with Gasteiger partial charge in [0.15, 0.2) is 12.4 Å². The second-order valence-corrected chi connectivity index (χ2v) is 2.70. The number of rotatable bonds is 3. The molecule has 0 saturated carbocycles. The Balaban J connectivity index is 3.31. The number of carboxylic acids is 2. The molecule has 0 radical (unpaired) electrons. The zero-order valence-corrected chi connectivity index (χ0v) is 7.56. The van der Waals surface area contributed by atoms with Crippen molar-refractivity contribution in [3.63, 3.8) is 0 Å². The Bertz CT molecular complexity index is 386. The molecule has 0 fully saturated rings. The van der Waals surface area contributed by atoms with Crippen molar-refractivity contribution in [2.45, 2.75) is 13.5 Å². The summed E-state index contributed by atoms with van der Waals surface area (Å²) in [4.78, 5) is 21.2. The molecule has 0 aromatic carbocycles. The average Bonchev–Trinajstić information content (AvgIpc) is 2.16. The van der Waals surface area contributed by atoms with Gasteiger partial charge in [-0.25, -0.2) is 9.36 Å². The summed E-state index contributed by atoms with van der Waals surface area (Å²) in [7, 11) is 0. The van der Waals surface area contributed by atoms with Crippen molar-refractivity contribution in [2.24, 2.45) is 0 Å². The Labute approximate surface area is 80.2 Å². The van der Waals surface area contributed by atoms with E-state index in [-0.39, 0.29) is 11.1 Å². The lowest BCUT2D eigenvalue weighted by Crippen LogP contribution is -2.36. The number of aromatic carboxylic acids is 2. The monoisotopic (exact) mass is 195 g/mol. The highest BCUT2D eigenvalue weighted by atomic mass is 16.4. The first kappa shape index (κ1) is 10.2. The maximum Gasteiger partial charge on any atom is 0.336 e. The van der Waals surface area contributed by atoms with Gasteiger partial charge in [-0.1, -0.05) is 0 Å². The van der Waals surface area contributed by atoms with Crippen LogP contribution in [0.25, 0.3) is 0 Å². The van der Waals surface area contributed by atoms with Gasteiger partial charge in [0.05, 0.1) is 17.1 Å². The highest BCUT2D eigenvalue weighted by Crippen LogP contribution is 2.04. The summed E-state index contributed by atoms with van der Waals surface area (Å²) in [5, 5.41) is 19.3. The maximum absolute atomic E-state index is 10.6. The minimum absolute atomic E-state index is 0.255. The summed E-state index contributed by atoms with van der Waals surface area (Å²) < 4.78 is 1.57. The van der Waals surface area contributed by atoms with Gasteiger partial charge in [-0.15, -0.1) is 0 Å². The largest absolute Gasteiger partial charge is 0.545 e. The summed E-state index contributed by atoms with van der Waals surface area (Å²) in [6.07, 6.45) is 2.76. The van der Waals surface area contributed by atoms with Crippen LogP contribution in [0.15, 0.2) is 18.5 Å². The van der Waals surface area contributed by atoms with Crippen LogP contribution in [0.4, 0.5) is 0 Å². The highest BCUT2D eigenvalue weighted by molar-refractivity contribution is 6.00. The molecule has 0 aliphatic carbocycles. The number of hydrogen-bond acceptors (Lipinski definition) is 3. The minimum Gasteiger partial charge on any atom is -0.545 e. The number of carboxylic acid groups (broad SMARTS) is 2. The number of pyridine rings is 1. The molecule has 0 amide bonds. The molecule has 1 aromatic heterocycles. The van der Waals surface area contributed by atoms with E-state index in [9.17, 15) is 14.7 Å². The average molecular weight is 195 g/mol. The molecule has 0 aliphatic rings. The van der Waals surface area contributed by atoms with E-state index in [2.05, 4.69) is 0 Å². The fourth-order valence-electron chi connectivity index (χ4n) is 1.08. The molecule has 74 valence electrons. The SMILES string of the molecule is CC[n+]1ccc(C(=O)O)c(C(=O)[O-])c1. The first-order valence-corrected chi connectivity index (χ1v) is 4.04. The molecule has 0 saturated heterocycles. The number of nitrogens with zero attached hydrogens (tertiary/aromatic N) is 1. The van der Waals surface area contributed by atoms with E-state index in [1.54, 1.807) is 4.57 Å². The van der Waals surface area contributed by atoms with Gasteiger partial charge in [0.2, 0.25) is 0 Å². The van der Waals surface area contributed by atoms with E-state index in [4.69, 9.17) is 5.11 Å². The van der Waals surface area contributed by atoms with Crippen LogP contribution in [0.1, 0.15) is 27.6 Å². The molecule has 1 heterocycles. The van der Waals surface area contributed by atoms with Gasteiger partial charge in [-0.3, -0.25) is 0 Å². The standard InChI is InChI=1S/C9H9NO4/c1-2-10-4-3-6(8(11)12)7(5-10)9(13)14/h3-5H,2H2,1H3,(H-,11,12,13,14). The van der Waals surface area contributed by atoms with E-state index < -0.39 is 11.9 Å². The van der Waals surface area contributed by atoms with Crippen molar-refractivity contribution in [3.05, 3.63) is 29.6 Å². The predicted molar refractivity (Wildman–Crippen MR) is 43.6 cm³/mol. The van der Waals surface area contributed by atoms with Crippen LogP contribution in [0.3, 0.4) is 0 Å². The van der Waals surface area contributed by atoms with Gasteiger partial charge < -0.3 is 15.0 Å². The first-order chi connectivity index (χ1) is 6.56. The topological polar surface area (TPSA) is 81.3 Å². The van der Waals surface area contributed by atoms with Gasteiger partial charge in [0.1, 0.15) is 6.54 Å². The third kappa shape index (κ3) is 1.87. The van der Waals surface area contributed by atoms with Crippen molar-refractivity contribution < 1.29 is 24.4 Å². The van der Waals surface area contributed by atoms with Crippen molar-refractivity contribution in [1.29, 1.82) is 0 Å². The summed E-state index contributed by atoms with van der Waals surface area (Å²) >= 11 is 0. The van der Waals surface area contributed by atoms with Gasteiger partial charge in [-0.05, 0) is 6.92 Å². The number of hydrogen-bond donors (Lipinski definition) is 1. The van der Waals surface area contributed by atoms with Crippen LogP contribution in [0.5, 0.6) is 0 Å². The molecule has 0 bridgehead atoms. The quantitative estimate of drug-likeness (QED) is 0.631. The van der Waals surface area contributed by atoms with Crippen molar-refractivity contribution in [2.75, 3.05) is 0 Å². The molecular formula is C9H9NO4. The molecule has 5 heteroatoms. The third-order valence-corrected chi connectivity index (χ3v) is 1.83. The Morgan fingerprint density at radius 2 is 2.14 bits per heavy atom. The Hall–Kier alpha value is -1.91. The Morgan fingerprint density at radius 3 is 2.57 bits per heavy atom. The number of carbonyl (C=O) groups is 2. The lowest BCUT2D eigenvalue weighted by Gasteiger charge is -2.04. The van der Waals surface area contributed by atoms with E-state index in [0.29, 0.717) is 6.54 Å². The number of aryl methyl sites for hydroxylation is 1. The van der Waals surface area contributed by atoms with Crippen LogP contribution in [0.2, 0.25) is 0 Å². The molecule has 5 nitrogen and oxygen atoms in total. The molecule has 0 unspecified atom stereocenters. The van der Waals surface area contributed by atoms with Gasteiger partial charge in [0.25, 0.3) is 0 Å². The summed E-state index contributed by atoms with van der Waals surface area (Å²) in [5.74, 6) is -2.75. The molecular weight excluding hydrogens is 186 g/mol. The third-order valence-electron chi connectivity index (χ3n) is 1.83. The van der Waals surface area contributed by atoms with E-state index in [1.807, 2.05) is 6.92 Å². The molecule has 0 spiro atoms. The lowest BCUT2D eigenvalue weighted by molar-refractivity contribution is -0.693. The van der Waals surface area contributed by atoms with E-state index in [1.165, 1.54) is 18.5 Å². The predicted octanol–water partition coefficient (Wildman–Crippen LogP) is -0.944. The van der Waals surface area contributed by atoms with E-state index in [0.717, 1.165) is 0 Å². The van der Waals surface area contributed by atoms with Crippen LogP contribution in [-0.2, 0) is 6.54 Å². The van der Waals surface area contributed by atoms with Gasteiger partial charge in [0, 0.05) is 6.07 Å². The summed E-state index contributed by atoms with van der Waals surface area (Å²) in [5.41, 5.74) is -0.559. The smallest absolute Gasteiger partial charge is 0.336 e. The van der Waals surface area contributed by atoms with Crippen molar-refractivity contribution in [3.8, 4) is 0 Å². The van der Waals surface area contributed by atoms with Crippen molar-refractivity contribution in [1.82, 2.24) is 0 Å². The van der Waals surface area contributed by atoms with E-state index >= 15 is 0 Å². The zero-order valence-electron chi connectivity index (χ0n) is 7.56. The van der Waals surface area contributed by atoms with Gasteiger partial charge >= 0.3 is 5.97 Å². The second kappa shape index (κ2) is 3.87. The van der Waals surface area contributed by atoms with Crippen molar-refractivity contribution >= 4 is 11.9 Å². The molecule has 0 atom stereocenters. The molecule has 0 aliphatic heterocycles. The van der Waals surface area contributed by atoms with Crippen LogP contribution in [0, 0.1) is 0 Å². The summed E-state index contributed by atoms with van der Waals surface area (Å²) in [6.45, 7) is 2.39. The Kier molecular flexibility index (Phi) is 2.81. The molecule has 1 aromatic rings. The summed E-state index contributed by atoms with van der Waals surface area (Å²) in [6, 6.07) is 1.25. The first-order valence-electron chi connectivity index (χ1n) is 4.04. The number of carbonyl (C=O) groups excluding carboxylic acids is 1. The maximum atomic E-state index is 10.6. The number of aromatic nitrogens is 1.